The highest BCUT2D eigenvalue weighted by molar-refractivity contribution is 5.94. The minimum Gasteiger partial charge on any atom is -0.372 e. The van der Waals surface area contributed by atoms with Crippen molar-refractivity contribution in [2.45, 2.75) is 46.0 Å². The predicted molar refractivity (Wildman–Crippen MR) is 98.2 cm³/mol. The van der Waals surface area contributed by atoms with Crippen LogP contribution in [0.15, 0.2) is 24.3 Å². The molecule has 1 aromatic carbocycles. The predicted octanol–water partition coefficient (Wildman–Crippen LogP) is 3.17. The van der Waals surface area contributed by atoms with Gasteiger partial charge in [0.05, 0.1) is 6.54 Å². The number of hydrogen-bond acceptors (Lipinski definition) is 3. The van der Waals surface area contributed by atoms with Gasteiger partial charge in [-0.25, -0.2) is 0 Å². The fourth-order valence-corrected chi connectivity index (χ4v) is 2.83. The Morgan fingerprint density at radius 2 is 1.79 bits per heavy atom. The van der Waals surface area contributed by atoms with Crippen LogP contribution < -0.4 is 15.5 Å². The molecule has 0 aromatic heterocycles. The van der Waals surface area contributed by atoms with Gasteiger partial charge in [-0.1, -0.05) is 20.3 Å². The van der Waals surface area contributed by atoms with Crippen LogP contribution in [0.25, 0.3) is 0 Å². The summed E-state index contributed by atoms with van der Waals surface area (Å²) < 4.78 is 0. The molecule has 1 aliphatic heterocycles. The lowest BCUT2D eigenvalue weighted by Gasteiger charge is -2.32. The molecule has 2 N–H and O–H groups in total. The molecule has 0 aliphatic carbocycles. The fourth-order valence-electron chi connectivity index (χ4n) is 2.83. The Morgan fingerprint density at radius 3 is 2.42 bits per heavy atom. The van der Waals surface area contributed by atoms with E-state index in [0.29, 0.717) is 6.42 Å². The molecular formula is C19H29N3O2. The van der Waals surface area contributed by atoms with E-state index >= 15 is 0 Å². The van der Waals surface area contributed by atoms with E-state index in [9.17, 15) is 9.59 Å². The first-order valence-corrected chi connectivity index (χ1v) is 9.00. The van der Waals surface area contributed by atoms with Gasteiger partial charge in [0.1, 0.15) is 0 Å². The molecule has 0 unspecified atom stereocenters. The van der Waals surface area contributed by atoms with Gasteiger partial charge < -0.3 is 15.5 Å². The van der Waals surface area contributed by atoms with Crippen LogP contribution in [0.5, 0.6) is 0 Å². The Labute approximate surface area is 144 Å². The van der Waals surface area contributed by atoms with E-state index in [4.69, 9.17) is 0 Å². The number of unbranched alkanes of at least 4 members (excludes halogenated alkanes) is 1. The minimum atomic E-state index is -0.195. The second-order valence-electron chi connectivity index (χ2n) is 6.64. The van der Waals surface area contributed by atoms with E-state index in [1.165, 1.54) is 18.5 Å². The van der Waals surface area contributed by atoms with Crippen molar-refractivity contribution in [1.29, 1.82) is 0 Å². The van der Waals surface area contributed by atoms with Crippen LogP contribution in [0.2, 0.25) is 0 Å². The Hall–Kier alpha value is -2.04. The Bertz CT molecular complexity index is 534. The van der Waals surface area contributed by atoms with Gasteiger partial charge in [-0.3, -0.25) is 9.59 Å². The summed E-state index contributed by atoms with van der Waals surface area (Å²) in [5, 5.41) is 5.46. The monoisotopic (exact) mass is 331 g/mol. The van der Waals surface area contributed by atoms with E-state index in [1.807, 2.05) is 31.2 Å². The first kappa shape index (κ1) is 18.3. The number of hydrogen-bond donors (Lipinski definition) is 2. The summed E-state index contributed by atoms with van der Waals surface area (Å²) in [5.74, 6) is 0.549. The zero-order valence-electron chi connectivity index (χ0n) is 14.8. The normalized spacial score (nSPS) is 15.2. The molecule has 2 amide bonds. The van der Waals surface area contributed by atoms with E-state index < -0.39 is 0 Å². The molecule has 1 heterocycles. The molecule has 5 nitrogen and oxygen atoms in total. The molecule has 2 rings (SSSR count). The molecule has 1 aromatic rings. The zero-order chi connectivity index (χ0) is 17.4. The summed E-state index contributed by atoms with van der Waals surface area (Å²) in [5.41, 5.74) is 1.96. The van der Waals surface area contributed by atoms with Gasteiger partial charge in [-0.15, -0.1) is 0 Å². The van der Waals surface area contributed by atoms with Crippen molar-refractivity contribution in [2.75, 3.05) is 29.9 Å². The SMILES string of the molecule is CCCCC(=O)NCC(=O)Nc1ccc(N2CCC(C)CC2)cc1. The third-order valence-corrected chi connectivity index (χ3v) is 4.50. The van der Waals surface area contributed by atoms with E-state index in [2.05, 4.69) is 22.5 Å². The van der Waals surface area contributed by atoms with E-state index in [0.717, 1.165) is 37.5 Å². The largest absolute Gasteiger partial charge is 0.372 e. The number of benzene rings is 1. The highest BCUT2D eigenvalue weighted by Gasteiger charge is 2.15. The topological polar surface area (TPSA) is 61.4 Å². The summed E-state index contributed by atoms with van der Waals surface area (Å²) in [6.45, 7) is 6.55. The molecule has 5 heteroatoms. The van der Waals surface area contributed by atoms with Gasteiger partial charge in [0.15, 0.2) is 0 Å². The summed E-state index contributed by atoms with van der Waals surface area (Å²) in [6, 6.07) is 7.94. The summed E-state index contributed by atoms with van der Waals surface area (Å²) in [7, 11) is 0. The lowest BCUT2D eigenvalue weighted by molar-refractivity contribution is -0.124. The number of rotatable bonds is 7. The number of carbonyl (C=O) groups excluding carboxylic acids is 2. The van der Waals surface area contributed by atoms with Crippen LogP contribution in [0, 0.1) is 5.92 Å². The maximum absolute atomic E-state index is 11.9. The first-order chi connectivity index (χ1) is 11.6. The molecule has 0 radical (unpaired) electrons. The second-order valence-corrected chi connectivity index (χ2v) is 6.64. The molecule has 1 aliphatic rings. The van der Waals surface area contributed by atoms with Gasteiger partial charge in [0.25, 0.3) is 0 Å². The summed E-state index contributed by atoms with van der Waals surface area (Å²) in [6.07, 6.45) is 4.77. The van der Waals surface area contributed by atoms with Gasteiger partial charge in [0.2, 0.25) is 11.8 Å². The van der Waals surface area contributed by atoms with E-state index in [1.54, 1.807) is 0 Å². The third-order valence-electron chi connectivity index (χ3n) is 4.50. The lowest BCUT2D eigenvalue weighted by Crippen LogP contribution is -2.33. The van der Waals surface area contributed by atoms with Crippen molar-refractivity contribution in [3.63, 3.8) is 0 Å². The van der Waals surface area contributed by atoms with Gasteiger partial charge in [-0.05, 0) is 49.4 Å². The van der Waals surface area contributed by atoms with Gasteiger partial charge >= 0.3 is 0 Å². The molecule has 0 atom stereocenters. The third kappa shape index (κ3) is 5.87. The minimum absolute atomic E-state index is 0.0221. The number of amides is 2. The van der Waals surface area contributed by atoms with Gasteiger partial charge in [-0.2, -0.15) is 0 Å². The van der Waals surface area contributed by atoms with Crippen molar-refractivity contribution in [3.05, 3.63) is 24.3 Å². The smallest absolute Gasteiger partial charge is 0.243 e. The molecule has 0 spiro atoms. The quantitative estimate of drug-likeness (QED) is 0.807. The van der Waals surface area contributed by atoms with E-state index in [-0.39, 0.29) is 18.4 Å². The van der Waals surface area contributed by atoms with Crippen LogP contribution in [-0.2, 0) is 9.59 Å². The highest BCUT2D eigenvalue weighted by Crippen LogP contribution is 2.24. The zero-order valence-corrected chi connectivity index (χ0v) is 14.8. The maximum atomic E-state index is 11.9. The van der Waals surface area contributed by atoms with Crippen LogP contribution in [0.1, 0.15) is 46.0 Å². The average molecular weight is 331 g/mol. The first-order valence-electron chi connectivity index (χ1n) is 9.00. The van der Waals surface area contributed by atoms with Crippen molar-refractivity contribution >= 4 is 23.2 Å². The van der Waals surface area contributed by atoms with Crippen LogP contribution in [0.3, 0.4) is 0 Å². The molecule has 1 saturated heterocycles. The average Bonchev–Trinajstić information content (AvgIpc) is 2.59. The Kier molecular flexibility index (Phi) is 7.09. The molecule has 132 valence electrons. The van der Waals surface area contributed by atoms with Crippen molar-refractivity contribution in [3.8, 4) is 0 Å². The number of nitrogens with zero attached hydrogens (tertiary/aromatic N) is 1. The van der Waals surface area contributed by atoms with Crippen LogP contribution >= 0.6 is 0 Å². The van der Waals surface area contributed by atoms with Crippen LogP contribution in [0.4, 0.5) is 11.4 Å². The highest BCUT2D eigenvalue weighted by atomic mass is 16.2. The molecule has 0 saturated carbocycles. The van der Waals surface area contributed by atoms with Crippen molar-refractivity contribution < 1.29 is 9.59 Å². The number of carbonyl (C=O) groups is 2. The molecule has 24 heavy (non-hydrogen) atoms. The lowest BCUT2D eigenvalue weighted by atomic mass is 9.99. The second kappa shape index (κ2) is 9.30. The van der Waals surface area contributed by atoms with Crippen molar-refractivity contribution in [1.82, 2.24) is 5.32 Å². The number of anilines is 2. The standard InChI is InChI=1S/C19H29N3O2/c1-3-4-5-18(23)20-14-19(24)21-16-6-8-17(9-7-16)22-12-10-15(2)11-13-22/h6-9,15H,3-5,10-14H2,1-2H3,(H,20,23)(H,21,24). The van der Waals surface area contributed by atoms with Gasteiger partial charge in [0, 0.05) is 30.9 Å². The maximum Gasteiger partial charge on any atom is 0.243 e. The van der Waals surface area contributed by atoms with Crippen molar-refractivity contribution in [2.24, 2.45) is 5.92 Å². The fraction of sp³-hybridized carbons (Fsp3) is 0.579. The number of nitrogens with one attached hydrogen (secondary N) is 2. The Balaban J connectivity index is 1.76. The molecule has 1 fully saturated rings. The molecular weight excluding hydrogens is 302 g/mol. The summed E-state index contributed by atoms with van der Waals surface area (Å²) >= 11 is 0. The molecule has 0 bridgehead atoms. The summed E-state index contributed by atoms with van der Waals surface area (Å²) in [4.78, 5) is 25.8. The number of piperidine rings is 1. The Morgan fingerprint density at radius 1 is 1.12 bits per heavy atom. The van der Waals surface area contributed by atoms with Crippen LogP contribution in [-0.4, -0.2) is 31.4 Å².